The fourth-order valence-electron chi connectivity index (χ4n) is 5.57. The Hall–Kier alpha value is -3.99. The van der Waals surface area contributed by atoms with Gasteiger partial charge in [-0.3, -0.25) is 14.4 Å². The third-order valence-corrected chi connectivity index (χ3v) is 8.29. The van der Waals surface area contributed by atoms with Crippen molar-refractivity contribution in [3.05, 3.63) is 48.0 Å². The van der Waals surface area contributed by atoms with E-state index in [2.05, 4.69) is 28.6 Å². The number of carbonyl (C=O) groups is 4. The lowest BCUT2D eigenvalue weighted by Gasteiger charge is -2.36. The summed E-state index contributed by atoms with van der Waals surface area (Å²) in [6, 6.07) is 11.8. The first-order valence-electron chi connectivity index (χ1n) is 17.6. The van der Waals surface area contributed by atoms with Crippen LogP contribution in [0.25, 0.3) is 0 Å². The third-order valence-electron chi connectivity index (χ3n) is 8.29. The number of esters is 2. The number of hydrogen-bond acceptors (Lipinski definition) is 10. The highest BCUT2D eigenvalue weighted by atomic mass is 16.5. The Balaban J connectivity index is 2.78. The molecule has 0 radical (unpaired) electrons. The van der Waals surface area contributed by atoms with E-state index in [1.807, 2.05) is 44.2 Å². The van der Waals surface area contributed by atoms with Crippen molar-refractivity contribution in [1.82, 2.24) is 16.0 Å². The van der Waals surface area contributed by atoms with E-state index >= 15 is 0 Å². The molecule has 13 heteroatoms. The van der Waals surface area contributed by atoms with E-state index in [-0.39, 0.29) is 57.1 Å². The molecule has 0 spiro atoms. The minimum atomic E-state index is -1.24. The molecule has 1 aromatic rings. The number of carbonyl (C=O) groups excluding carboxylic acids is 4. The summed E-state index contributed by atoms with van der Waals surface area (Å²) >= 11 is 0. The van der Waals surface area contributed by atoms with E-state index in [9.17, 15) is 24.4 Å². The number of nitrogens with zero attached hydrogens (tertiary/aromatic N) is 1. The molecule has 4 unspecified atom stereocenters. The van der Waals surface area contributed by atoms with E-state index in [0.29, 0.717) is 51.4 Å². The lowest BCUT2D eigenvalue weighted by molar-refractivity contribution is -0.163. The topological polar surface area (TPSA) is 174 Å². The van der Waals surface area contributed by atoms with Crippen molar-refractivity contribution >= 4 is 23.9 Å². The highest BCUT2D eigenvalue weighted by Crippen LogP contribution is 2.42. The smallest absolute Gasteiger partial charge is 0.314 e. The van der Waals surface area contributed by atoms with Gasteiger partial charge in [-0.2, -0.15) is 5.26 Å². The number of methoxy groups -OCH3 is 1. The van der Waals surface area contributed by atoms with Crippen LogP contribution in [0.2, 0.25) is 0 Å². The van der Waals surface area contributed by atoms with Crippen molar-refractivity contribution in [3.63, 3.8) is 0 Å². The van der Waals surface area contributed by atoms with Crippen LogP contribution in [0.15, 0.2) is 42.5 Å². The van der Waals surface area contributed by atoms with Gasteiger partial charge < -0.3 is 39.6 Å². The van der Waals surface area contributed by atoms with E-state index in [1.54, 1.807) is 34.8 Å². The average Bonchev–Trinajstić information content (AvgIpc) is 3.09. The molecule has 51 heavy (non-hydrogen) atoms. The number of amides is 3. The van der Waals surface area contributed by atoms with Gasteiger partial charge in [0.2, 0.25) is 5.91 Å². The van der Waals surface area contributed by atoms with Crippen molar-refractivity contribution < 1.29 is 42.9 Å². The first-order chi connectivity index (χ1) is 24.1. The minimum absolute atomic E-state index is 0.0428. The number of benzene rings is 1. The van der Waals surface area contributed by atoms with Crippen LogP contribution in [0.3, 0.4) is 0 Å². The standard InChI is InChI=1S/C38H60N4O9/c1-28(2)33(43)40-16-18-50-34(44)37(5,6)27-38(7,25-31(26-39)24-29(3)32-12-10-9-11-13-32)35(45)51-19-17-42-36(46)41-15-14-30(4)49-23-22-48-21-20-47-8/h9-13,29-31H,1,14-25,27H2,2-8H3,(H,40,43)(H2,41,42,46). The van der Waals surface area contributed by atoms with Crippen LogP contribution in [0.5, 0.6) is 0 Å². The summed E-state index contributed by atoms with van der Waals surface area (Å²) in [5, 5.41) is 18.2. The van der Waals surface area contributed by atoms with Crippen LogP contribution in [-0.2, 0) is 38.1 Å². The van der Waals surface area contributed by atoms with Crippen molar-refractivity contribution in [1.29, 1.82) is 5.26 Å². The Morgan fingerprint density at radius 3 is 2.10 bits per heavy atom. The number of ether oxygens (including phenoxy) is 5. The molecule has 286 valence electrons. The molecule has 3 N–H and O–H groups in total. The second-order valence-electron chi connectivity index (χ2n) is 13.8. The van der Waals surface area contributed by atoms with Gasteiger partial charge in [-0.05, 0) is 71.8 Å². The maximum absolute atomic E-state index is 13.7. The Bertz CT molecular complexity index is 1270. The number of hydrogen-bond donors (Lipinski definition) is 3. The molecule has 1 rings (SSSR count). The van der Waals surface area contributed by atoms with Gasteiger partial charge >= 0.3 is 18.0 Å². The largest absolute Gasteiger partial charge is 0.463 e. The van der Waals surface area contributed by atoms with Crippen LogP contribution in [0, 0.1) is 28.1 Å². The van der Waals surface area contributed by atoms with Gasteiger partial charge in [-0.15, -0.1) is 0 Å². The van der Waals surface area contributed by atoms with Gasteiger partial charge in [0.1, 0.15) is 13.2 Å². The molecular formula is C38H60N4O9. The molecule has 1 aromatic carbocycles. The molecule has 0 bridgehead atoms. The summed E-state index contributed by atoms with van der Waals surface area (Å²) in [6.07, 6.45) is 1.22. The van der Waals surface area contributed by atoms with Gasteiger partial charge in [0, 0.05) is 25.1 Å². The molecule has 0 heterocycles. The molecule has 0 aliphatic heterocycles. The van der Waals surface area contributed by atoms with Crippen LogP contribution >= 0.6 is 0 Å². The zero-order chi connectivity index (χ0) is 38.3. The molecule has 0 fully saturated rings. The van der Waals surface area contributed by atoms with Crippen molar-refractivity contribution in [3.8, 4) is 6.07 Å². The monoisotopic (exact) mass is 716 g/mol. The Morgan fingerprint density at radius 1 is 0.863 bits per heavy atom. The first-order valence-corrected chi connectivity index (χ1v) is 17.6. The predicted molar refractivity (Wildman–Crippen MR) is 194 cm³/mol. The number of rotatable bonds is 26. The summed E-state index contributed by atoms with van der Waals surface area (Å²) in [7, 11) is 1.61. The molecule has 13 nitrogen and oxygen atoms in total. The molecule has 0 aliphatic carbocycles. The van der Waals surface area contributed by atoms with Gasteiger partial charge in [0.25, 0.3) is 0 Å². The summed E-state index contributed by atoms with van der Waals surface area (Å²) in [4.78, 5) is 51.0. The quantitative estimate of drug-likeness (QED) is 0.0695. The summed E-state index contributed by atoms with van der Waals surface area (Å²) in [5.41, 5.74) is -0.944. The second-order valence-corrected chi connectivity index (χ2v) is 13.8. The molecular weight excluding hydrogens is 656 g/mol. The van der Waals surface area contributed by atoms with Gasteiger partial charge in [-0.1, -0.05) is 43.8 Å². The highest BCUT2D eigenvalue weighted by Gasteiger charge is 2.45. The number of nitriles is 1. The molecule has 0 saturated carbocycles. The van der Waals surface area contributed by atoms with Gasteiger partial charge in [-0.25, -0.2) is 4.79 Å². The Morgan fingerprint density at radius 2 is 1.47 bits per heavy atom. The SMILES string of the molecule is C=C(C)C(=O)NCCOC(=O)C(C)(C)CC(C)(CC(C#N)CC(C)c1ccccc1)C(=O)OCCNC(=O)NCCC(C)OCCOCCOC. The zero-order valence-electron chi connectivity index (χ0n) is 31.6. The normalized spacial score (nSPS) is 14.2. The maximum atomic E-state index is 13.7. The summed E-state index contributed by atoms with van der Waals surface area (Å²) in [5.74, 6) is -1.92. The summed E-state index contributed by atoms with van der Waals surface area (Å²) in [6.45, 7) is 16.5. The van der Waals surface area contributed by atoms with E-state index in [0.717, 1.165) is 5.56 Å². The minimum Gasteiger partial charge on any atom is -0.463 e. The third kappa shape index (κ3) is 18.7. The zero-order valence-corrected chi connectivity index (χ0v) is 31.6. The number of urea groups is 1. The van der Waals surface area contributed by atoms with Crippen LogP contribution in [0.4, 0.5) is 4.79 Å². The van der Waals surface area contributed by atoms with Crippen molar-refractivity contribution in [2.24, 2.45) is 16.7 Å². The van der Waals surface area contributed by atoms with E-state index in [4.69, 9.17) is 23.7 Å². The lowest BCUT2D eigenvalue weighted by Crippen LogP contribution is -2.42. The summed E-state index contributed by atoms with van der Waals surface area (Å²) < 4.78 is 27.1. The molecule has 0 aromatic heterocycles. The molecule has 0 aliphatic rings. The van der Waals surface area contributed by atoms with Gasteiger partial charge in [0.15, 0.2) is 0 Å². The lowest BCUT2D eigenvalue weighted by atomic mass is 9.68. The number of nitrogens with one attached hydrogen (secondary N) is 3. The predicted octanol–water partition coefficient (Wildman–Crippen LogP) is 4.67. The second kappa shape index (κ2) is 24.2. The Labute approximate surface area is 304 Å². The molecule has 0 saturated heterocycles. The maximum Gasteiger partial charge on any atom is 0.314 e. The Kier molecular flexibility index (Phi) is 21.4. The molecule has 4 atom stereocenters. The molecule has 3 amide bonds. The van der Waals surface area contributed by atoms with Crippen LogP contribution in [0.1, 0.15) is 78.7 Å². The van der Waals surface area contributed by atoms with Gasteiger partial charge in [0.05, 0.1) is 62.5 Å². The average molecular weight is 717 g/mol. The van der Waals surface area contributed by atoms with Crippen LogP contribution in [-0.4, -0.2) is 96.4 Å². The van der Waals surface area contributed by atoms with E-state index < -0.39 is 34.7 Å². The fourth-order valence-corrected chi connectivity index (χ4v) is 5.57. The van der Waals surface area contributed by atoms with E-state index in [1.165, 1.54) is 0 Å². The first kappa shape index (κ1) is 45.0. The highest BCUT2D eigenvalue weighted by molar-refractivity contribution is 5.92. The fraction of sp³-hybridized carbons (Fsp3) is 0.658. The van der Waals surface area contributed by atoms with Crippen LogP contribution < -0.4 is 16.0 Å². The van der Waals surface area contributed by atoms with Crippen molar-refractivity contribution in [2.45, 2.75) is 79.2 Å². The van der Waals surface area contributed by atoms with Crippen molar-refractivity contribution in [2.75, 3.05) is 66.4 Å².